The Morgan fingerprint density at radius 2 is 2.36 bits per heavy atom. The largest absolute Gasteiger partial charge is 0.503 e. The van der Waals surface area contributed by atoms with Crippen molar-refractivity contribution in [2.24, 2.45) is 0 Å². The van der Waals surface area contributed by atoms with Gasteiger partial charge in [-0.15, -0.1) is 0 Å². The average Bonchev–Trinajstić information content (AvgIpc) is 2.21. The third-order valence-electron chi connectivity index (χ3n) is 1.63. The van der Waals surface area contributed by atoms with Gasteiger partial charge in [0.2, 0.25) is 0 Å². The molecule has 0 saturated carbocycles. The number of hydrogen-bond acceptors (Lipinski definition) is 4. The summed E-state index contributed by atoms with van der Waals surface area (Å²) in [6.07, 6.45) is 0.218. The minimum atomic E-state index is -0.449. The first kappa shape index (κ1) is 10.1. The smallest absolute Gasteiger partial charge is 0.311 e. The molecule has 0 aliphatic rings. The van der Waals surface area contributed by atoms with Gasteiger partial charge in [-0.05, 0) is 12.1 Å². The molecule has 0 heterocycles. The van der Waals surface area contributed by atoms with Crippen LogP contribution in [0.5, 0.6) is 11.5 Å². The zero-order chi connectivity index (χ0) is 10.6. The number of carbonyl (C=O) groups excluding carboxylic acids is 1. The van der Waals surface area contributed by atoms with Crippen molar-refractivity contribution in [1.82, 2.24) is 0 Å². The molecule has 0 saturated heterocycles. The standard InChI is InChI=1S/C10H9NO3/c1-2-9(12)14-8-5-3-4-7(6-11)10(8)13/h3-5,13H,2H2,1H3. The van der Waals surface area contributed by atoms with Gasteiger partial charge in [0, 0.05) is 6.42 Å². The second-order valence-corrected chi connectivity index (χ2v) is 2.59. The van der Waals surface area contributed by atoms with Crippen LogP contribution in [0.1, 0.15) is 18.9 Å². The van der Waals surface area contributed by atoms with Crippen molar-refractivity contribution in [2.45, 2.75) is 13.3 Å². The molecule has 14 heavy (non-hydrogen) atoms. The van der Waals surface area contributed by atoms with Gasteiger partial charge in [-0.1, -0.05) is 13.0 Å². The number of ether oxygens (including phenoxy) is 1. The molecule has 0 radical (unpaired) electrons. The molecule has 0 atom stereocenters. The number of esters is 1. The zero-order valence-electron chi connectivity index (χ0n) is 7.65. The Bertz CT molecular complexity index is 393. The van der Waals surface area contributed by atoms with Crippen LogP contribution in [-0.2, 0) is 4.79 Å². The highest BCUT2D eigenvalue weighted by atomic mass is 16.5. The Hall–Kier alpha value is -2.02. The van der Waals surface area contributed by atoms with E-state index in [1.807, 2.05) is 0 Å². The van der Waals surface area contributed by atoms with Crippen LogP contribution in [0.3, 0.4) is 0 Å². The summed E-state index contributed by atoms with van der Waals surface area (Å²) in [6, 6.07) is 6.20. The molecule has 0 aliphatic carbocycles. The van der Waals surface area contributed by atoms with Gasteiger partial charge < -0.3 is 9.84 Å². The summed E-state index contributed by atoms with van der Waals surface area (Å²) < 4.78 is 4.80. The third kappa shape index (κ3) is 2.02. The van der Waals surface area contributed by atoms with Crippen molar-refractivity contribution in [1.29, 1.82) is 5.26 Å². The first-order valence-electron chi connectivity index (χ1n) is 4.11. The second-order valence-electron chi connectivity index (χ2n) is 2.59. The zero-order valence-corrected chi connectivity index (χ0v) is 7.65. The average molecular weight is 191 g/mol. The van der Waals surface area contributed by atoms with E-state index in [1.54, 1.807) is 13.0 Å². The van der Waals surface area contributed by atoms with Crippen LogP contribution >= 0.6 is 0 Å². The normalized spacial score (nSPS) is 9.14. The van der Waals surface area contributed by atoms with Crippen LogP contribution in [0.2, 0.25) is 0 Å². The van der Waals surface area contributed by atoms with Crippen molar-refractivity contribution in [3.63, 3.8) is 0 Å². The molecule has 0 amide bonds. The number of phenolic OH excluding ortho intramolecular Hbond substituents is 1. The molecular weight excluding hydrogens is 182 g/mol. The molecule has 0 fully saturated rings. The maximum atomic E-state index is 10.9. The molecule has 0 aromatic heterocycles. The summed E-state index contributed by atoms with van der Waals surface area (Å²) in [7, 11) is 0. The first-order valence-corrected chi connectivity index (χ1v) is 4.11. The first-order chi connectivity index (χ1) is 6.69. The summed E-state index contributed by atoms with van der Waals surface area (Å²) in [5, 5.41) is 18.0. The quantitative estimate of drug-likeness (QED) is 0.569. The van der Waals surface area contributed by atoms with E-state index in [0.717, 1.165) is 0 Å². The molecule has 72 valence electrons. The van der Waals surface area contributed by atoms with E-state index in [1.165, 1.54) is 18.2 Å². The number of nitrogens with zero attached hydrogens (tertiary/aromatic N) is 1. The molecule has 0 aliphatic heterocycles. The van der Waals surface area contributed by atoms with E-state index in [-0.39, 0.29) is 23.5 Å². The van der Waals surface area contributed by atoms with E-state index in [4.69, 9.17) is 10.00 Å². The van der Waals surface area contributed by atoms with Gasteiger partial charge in [-0.2, -0.15) is 5.26 Å². The predicted molar refractivity (Wildman–Crippen MR) is 48.7 cm³/mol. The van der Waals surface area contributed by atoms with Crippen LogP contribution in [0, 0.1) is 11.3 Å². The van der Waals surface area contributed by atoms with Crippen molar-refractivity contribution in [2.75, 3.05) is 0 Å². The number of carbonyl (C=O) groups is 1. The lowest BCUT2D eigenvalue weighted by Crippen LogP contribution is -2.05. The SMILES string of the molecule is CCC(=O)Oc1cccc(C#N)c1O. The van der Waals surface area contributed by atoms with Gasteiger partial charge >= 0.3 is 5.97 Å². The lowest BCUT2D eigenvalue weighted by atomic mass is 10.2. The van der Waals surface area contributed by atoms with Crippen LogP contribution in [0.4, 0.5) is 0 Å². The Balaban J connectivity index is 2.99. The van der Waals surface area contributed by atoms with Crippen molar-refractivity contribution in [3.8, 4) is 17.6 Å². The summed E-state index contributed by atoms with van der Waals surface area (Å²) in [5.74, 6) is -0.719. The molecule has 0 spiro atoms. The lowest BCUT2D eigenvalue weighted by Gasteiger charge is -2.05. The summed E-state index contributed by atoms with van der Waals surface area (Å²) >= 11 is 0. The summed E-state index contributed by atoms with van der Waals surface area (Å²) in [6.45, 7) is 1.65. The van der Waals surface area contributed by atoms with Crippen molar-refractivity contribution >= 4 is 5.97 Å². The molecular formula is C10H9NO3. The minimum absolute atomic E-state index is 0.0240. The Morgan fingerprint density at radius 3 is 2.93 bits per heavy atom. The number of aromatic hydroxyl groups is 1. The van der Waals surface area contributed by atoms with Crippen LogP contribution in [-0.4, -0.2) is 11.1 Å². The summed E-state index contributed by atoms with van der Waals surface area (Å²) in [5.41, 5.74) is 0.0893. The summed E-state index contributed by atoms with van der Waals surface area (Å²) in [4.78, 5) is 10.9. The van der Waals surface area contributed by atoms with E-state index < -0.39 is 5.97 Å². The van der Waals surface area contributed by atoms with E-state index in [9.17, 15) is 9.90 Å². The number of phenols is 1. The van der Waals surface area contributed by atoms with Crippen molar-refractivity contribution < 1.29 is 14.6 Å². The fourth-order valence-corrected chi connectivity index (χ4v) is 0.890. The number of rotatable bonds is 2. The maximum absolute atomic E-state index is 10.9. The van der Waals surface area contributed by atoms with Gasteiger partial charge in [-0.3, -0.25) is 4.79 Å². The Morgan fingerprint density at radius 1 is 1.64 bits per heavy atom. The van der Waals surface area contributed by atoms with Crippen LogP contribution in [0.15, 0.2) is 18.2 Å². The molecule has 1 aromatic rings. The third-order valence-corrected chi connectivity index (χ3v) is 1.63. The van der Waals surface area contributed by atoms with Gasteiger partial charge in [0.25, 0.3) is 0 Å². The van der Waals surface area contributed by atoms with Gasteiger partial charge in [0.05, 0.1) is 5.56 Å². The second kappa shape index (κ2) is 4.28. The molecule has 1 aromatic carbocycles. The maximum Gasteiger partial charge on any atom is 0.311 e. The van der Waals surface area contributed by atoms with Gasteiger partial charge in [0.1, 0.15) is 6.07 Å². The van der Waals surface area contributed by atoms with Crippen molar-refractivity contribution in [3.05, 3.63) is 23.8 Å². The Kier molecular flexibility index (Phi) is 3.08. The lowest BCUT2D eigenvalue weighted by molar-refractivity contribution is -0.134. The molecule has 0 bridgehead atoms. The molecule has 4 heteroatoms. The number of para-hydroxylation sites is 1. The molecule has 0 unspecified atom stereocenters. The van der Waals surface area contributed by atoms with E-state index >= 15 is 0 Å². The topological polar surface area (TPSA) is 70.3 Å². The molecule has 4 nitrogen and oxygen atoms in total. The number of benzene rings is 1. The molecule has 1 N–H and O–H groups in total. The fourth-order valence-electron chi connectivity index (χ4n) is 0.890. The van der Waals surface area contributed by atoms with E-state index in [2.05, 4.69) is 0 Å². The highest BCUT2D eigenvalue weighted by Crippen LogP contribution is 2.29. The molecule has 1 rings (SSSR count). The van der Waals surface area contributed by atoms with Crippen LogP contribution < -0.4 is 4.74 Å². The predicted octanol–water partition coefficient (Wildman–Crippen LogP) is 1.58. The number of nitriles is 1. The fraction of sp³-hybridized carbons (Fsp3) is 0.200. The highest BCUT2D eigenvalue weighted by molar-refractivity contribution is 5.73. The van der Waals surface area contributed by atoms with E-state index in [0.29, 0.717) is 0 Å². The minimum Gasteiger partial charge on any atom is -0.503 e. The Labute approximate surface area is 81.4 Å². The van der Waals surface area contributed by atoms with Gasteiger partial charge in [-0.25, -0.2) is 0 Å². The van der Waals surface area contributed by atoms with Crippen LogP contribution in [0.25, 0.3) is 0 Å². The number of hydrogen-bond donors (Lipinski definition) is 1. The van der Waals surface area contributed by atoms with Gasteiger partial charge in [0.15, 0.2) is 11.5 Å². The highest BCUT2D eigenvalue weighted by Gasteiger charge is 2.10. The monoisotopic (exact) mass is 191 g/mol.